The minimum absolute atomic E-state index is 0.0981. The molecule has 1 fully saturated rings. The van der Waals surface area contributed by atoms with Gasteiger partial charge >= 0.3 is 6.18 Å². The van der Waals surface area contributed by atoms with Crippen molar-refractivity contribution >= 4 is 17.3 Å². The van der Waals surface area contributed by atoms with Gasteiger partial charge in [-0.3, -0.25) is 0 Å². The molecule has 1 saturated carbocycles. The van der Waals surface area contributed by atoms with E-state index in [0.717, 1.165) is 31.4 Å². The van der Waals surface area contributed by atoms with Gasteiger partial charge in [-0.15, -0.1) is 0 Å². The first-order valence-corrected chi connectivity index (χ1v) is 6.13. The fraction of sp³-hybridized carbons (Fsp3) is 0.500. The van der Waals surface area contributed by atoms with Crippen molar-refractivity contribution in [2.45, 2.75) is 37.5 Å². The van der Waals surface area contributed by atoms with Crippen molar-refractivity contribution in [2.75, 3.05) is 5.32 Å². The molecule has 2 atom stereocenters. The normalized spacial score (nSPS) is 24.3. The average Bonchev–Trinajstić information content (AvgIpc) is 2.66. The molecule has 0 spiro atoms. The molecular weight excluding hydrogens is 265 g/mol. The zero-order chi connectivity index (χ0) is 13.3. The number of alkyl halides is 3. The molecular formula is C12H14ClF3N2. The Morgan fingerprint density at radius 3 is 2.56 bits per heavy atom. The number of hydrogen-bond donors (Lipinski definition) is 2. The van der Waals surface area contributed by atoms with E-state index in [2.05, 4.69) is 5.32 Å². The van der Waals surface area contributed by atoms with Gasteiger partial charge in [-0.25, -0.2) is 0 Å². The lowest BCUT2D eigenvalue weighted by atomic mass is 10.1. The quantitative estimate of drug-likeness (QED) is 0.866. The molecule has 2 rings (SSSR count). The summed E-state index contributed by atoms with van der Waals surface area (Å²) >= 11 is 5.90. The molecule has 100 valence electrons. The maximum absolute atomic E-state index is 12.6. The second-order valence-corrected chi connectivity index (χ2v) is 5.01. The van der Waals surface area contributed by atoms with Gasteiger partial charge in [0.1, 0.15) is 0 Å². The van der Waals surface area contributed by atoms with Crippen molar-refractivity contribution in [1.29, 1.82) is 0 Å². The minimum Gasteiger partial charge on any atom is -0.381 e. The Morgan fingerprint density at radius 1 is 1.28 bits per heavy atom. The topological polar surface area (TPSA) is 38.0 Å². The van der Waals surface area contributed by atoms with Crippen LogP contribution in [0.15, 0.2) is 18.2 Å². The molecule has 1 aliphatic carbocycles. The highest BCUT2D eigenvalue weighted by Crippen LogP contribution is 2.35. The van der Waals surface area contributed by atoms with Crippen molar-refractivity contribution in [2.24, 2.45) is 5.73 Å². The Morgan fingerprint density at radius 2 is 2.00 bits per heavy atom. The van der Waals surface area contributed by atoms with Crippen molar-refractivity contribution in [3.8, 4) is 0 Å². The molecule has 18 heavy (non-hydrogen) atoms. The second kappa shape index (κ2) is 4.97. The van der Waals surface area contributed by atoms with Gasteiger partial charge in [0, 0.05) is 12.1 Å². The summed E-state index contributed by atoms with van der Waals surface area (Å²) in [6.45, 7) is 0. The van der Waals surface area contributed by atoms with Crippen molar-refractivity contribution in [1.82, 2.24) is 0 Å². The standard InChI is InChI=1S/C12H14ClF3N2/c13-10-4-1-7(12(14,15)16)5-11(10)18-9-3-2-8(17)6-9/h1,4-5,8-9,18H,2-3,6,17H2. The molecule has 0 bridgehead atoms. The van der Waals surface area contributed by atoms with E-state index in [4.69, 9.17) is 17.3 Å². The smallest absolute Gasteiger partial charge is 0.381 e. The molecule has 2 unspecified atom stereocenters. The van der Waals surface area contributed by atoms with Crippen LogP contribution >= 0.6 is 11.6 Å². The molecule has 1 aromatic rings. The SMILES string of the molecule is NC1CCC(Nc2cc(C(F)(F)F)ccc2Cl)C1. The number of halogens is 4. The van der Waals surface area contributed by atoms with Gasteiger partial charge in [-0.1, -0.05) is 11.6 Å². The Balaban J connectivity index is 2.16. The third-order valence-corrected chi connectivity index (χ3v) is 3.46. The van der Waals surface area contributed by atoms with E-state index in [1.54, 1.807) is 0 Å². The Bertz CT molecular complexity index is 434. The van der Waals surface area contributed by atoms with Gasteiger partial charge in [0.2, 0.25) is 0 Å². The van der Waals surface area contributed by atoms with E-state index in [1.807, 2.05) is 0 Å². The predicted octanol–water partition coefficient (Wildman–Crippen LogP) is 3.65. The fourth-order valence-corrected chi connectivity index (χ4v) is 2.35. The fourth-order valence-electron chi connectivity index (χ4n) is 2.18. The van der Waals surface area contributed by atoms with Crippen LogP contribution in [0.3, 0.4) is 0 Å². The summed E-state index contributed by atoms with van der Waals surface area (Å²) in [6, 6.07) is 3.51. The molecule has 2 nitrogen and oxygen atoms in total. The molecule has 6 heteroatoms. The summed E-state index contributed by atoms with van der Waals surface area (Å²) in [6.07, 6.45) is -1.86. The van der Waals surface area contributed by atoms with Crippen LogP contribution in [0, 0.1) is 0 Å². The Kier molecular flexibility index (Phi) is 3.73. The maximum atomic E-state index is 12.6. The van der Waals surface area contributed by atoms with Crippen LogP contribution in [0.25, 0.3) is 0 Å². The lowest BCUT2D eigenvalue weighted by Gasteiger charge is -2.17. The third kappa shape index (κ3) is 3.09. The van der Waals surface area contributed by atoms with Gasteiger partial charge in [0.25, 0.3) is 0 Å². The molecule has 0 saturated heterocycles. The van der Waals surface area contributed by atoms with E-state index in [1.165, 1.54) is 6.07 Å². The van der Waals surface area contributed by atoms with Crippen LogP contribution in [0.1, 0.15) is 24.8 Å². The van der Waals surface area contributed by atoms with E-state index >= 15 is 0 Å². The summed E-state index contributed by atoms with van der Waals surface area (Å²) < 4.78 is 37.8. The van der Waals surface area contributed by atoms with Gasteiger partial charge in [-0.05, 0) is 37.5 Å². The predicted molar refractivity (Wildman–Crippen MR) is 65.7 cm³/mol. The largest absolute Gasteiger partial charge is 0.416 e. The summed E-state index contributed by atoms with van der Waals surface area (Å²) in [5.41, 5.74) is 5.39. The number of hydrogen-bond acceptors (Lipinski definition) is 2. The van der Waals surface area contributed by atoms with Gasteiger partial charge in [0.15, 0.2) is 0 Å². The second-order valence-electron chi connectivity index (χ2n) is 4.61. The first-order valence-electron chi connectivity index (χ1n) is 5.75. The van der Waals surface area contributed by atoms with Crippen molar-refractivity contribution in [3.63, 3.8) is 0 Å². The first-order chi connectivity index (χ1) is 8.36. The number of nitrogens with one attached hydrogen (secondary N) is 1. The van der Waals surface area contributed by atoms with Crippen LogP contribution in [0.5, 0.6) is 0 Å². The zero-order valence-corrected chi connectivity index (χ0v) is 10.4. The Labute approximate surface area is 108 Å². The summed E-state index contributed by atoms with van der Waals surface area (Å²) in [4.78, 5) is 0. The molecule has 3 N–H and O–H groups in total. The molecule has 0 heterocycles. The van der Waals surface area contributed by atoms with Gasteiger partial charge in [0.05, 0.1) is 16.3 Å². The number of benzene rings is 1. The monoisotopic (exact) mass is 278 g/mol. The summed E-state index contributed by atoms with van der Waals surface area (Å²) in [5.74, 6) is 0. The molecule has 1 aliphatic rings. The number of nitrogens with two attached hydrogens (primary N) is 1. The molecule has 0 amide bonds. The molecule has 1 aromatic carbocycles. The molecule has 0 radical (unpaired) electrons. The highest BCUT2D eigenvalue weighted by atomic mass is 35.5. The molecule has 0 aliphatic heterocycles. The number of anilines is 1. The lowest BCUT2D eigenvalue weighted by molar-refractivity contribution is -0.137. The molecule has 0 aromatic heterocycles. The maximum Gasteiger partial charge on any atom is 0.416 e. The summed E-state index contributed by atoms with van der Waals surface area (Å²) in [5, 5.41) is 3.33. The third-order valence-electron chi connectivity index (χ3n) is 3.13. The van der Waals surface area contributed by atoms with E-state index < -0.39 is 11.7 Å². The van der Waals surface area contributed by atoms with E-state index in [9.17, 15) is 13.2 Å². The van der Waals surface area contributed by atoms with Crippen molar-refractivity contribution < 1.29 is 13.2 Å². The highest BCUT2D eigenvalue weighted by molar-refractivity contribution is 6.33. The van der Waals surface area contributed by atoms with E-state index in [-0.39, 0.29) is 12.1 Å². The minimum atomic E-state index is -4.35. The lowest BCUT2D eigenvalue weighted by Crippen LogP contribution is -2.21. The van der Waals surface area contributed by atoms with Crippen LogP contribution in [0.4, 0.5) is 18.9 Å². The highest BCUT2D eigenvalue weighted by Gasteiger charge is 2.31. The van der Waals surface area contributed by atoms with Crippen LogP contribution in [-0.4, -0.2) is 12.1 Å². The van der Waals surface area contributed by atoms with Gasteiger partial charge < -0.3 is 11.1 Å². The Hall–Kier alpha value is -0.940. The van der Waals surface area contributed by atoms with Crippen LogP contribution in [0.2, 0.25) is 5.02 Å². The van der Waals surface area contributed by atoms with Crippen molar-refractivity contribution in [3.05, 3.63) is 28.8 Å². The zero-order valence-electron chi connectivity index (χ0n) is 9.60. The number of rotatable bonds is 2. The summed E-state index contributed by atoms with van der Waals surface area (Å²) in [7, 11) is 0. The first kappa shape index (κ1) is 13.5. The van der Waals surface area contributed by atoms with Crippen LogP contribution < -0.4 is 11.1 Å². The average molecular weight is 279 g/mol. The van der Waals surface area contributed by atoms with E-state index in [0.29, 0.717) is 10.7 Å². The van der Waals surface area contributed by atoms with Crippen LogP contribution in [-0.2, 0) is 6.18 Å². The van der Waals surface area contributed by atoms with Gasteiger partial charge in [-0.2, -0.15) is 13.2 Å².